The van der Waals surface area contributed by atoms with Gasteiger partial charge >= 0.3 is 6.03 Å². The third-order valence-electron chi connectivity index (χ3n) is 4.85. The number of urea groups is 1. The summed E-state index contributed by atoms with van der Waals surface area (Å²) in [5, 5.41) is 3.07. The Balaban J connectivity index is 1.49. The SMILES string of the molecule is O=C(Nc1cccnc1N1CCCC1)N1CCc2ccccc2C1. The molecular formula is C19H22N4O. The van der Waals surface area contributed by atoms with Crippen molar-refractivity contribution in [3.8, 4) is 0 Å². The fraction of sp³-hybridized carbons (Fsp3) is 0.368. The lowest BCUT2D eigenvalue weighted by Gasteiger charge is -2.29. The topological polar surface area (TPSA) is 48.5 Å². The van der Waals surface area contributed by atoms with Gasteiger partial charge in [-0.2, -0.15) is 0 Å². The van der Waals surface area contributed by atoms with Crippen molar-refractivity contribution in [3.63, 3.8) is 0 Å². The summed E-state index contributed by atoms with van der Waals surface area (Å²) in [6.45, 7) is 3.44. The van der Waals surface area contributed by atoms with Crippen LogP contribution in [0.4, 0.5) is 16.3 Å². The van der Waals surface area contributed by atoms with Gasteiger partial charge < -0.3 is 15.1 Å². The summed E-state index contributed by atoms with van der Waals surface area (Å²) in [4.78, 5) is 21.3. The molecule has 2 aliphatic heterocycles. The van der Waals surface area contributed by atoms with Crippen LogP contribution in [-0.2, 0) is 13.0 Å². The van der Waals surface area contributed by atoms with E-state index in [2.05, 4.69) is 33.4 Å². The number of hydrogen-bond donors (Lipinski definition) is 1. The molecule has 2 aromatic rings. The average molecular weight is 322 g/mol. The molecule has 5 heteroatoms. The first-order valence-electron chi connectivity index (χ1n) is 8.64. The number of aromatic nitrogens is 1. The molecule has 5 nitrogen and oxygen atoms in total. The van der Waals surface area contributed by atoms with Gasteiger partial charge in [-0.05, 0) is 42.5 Å². The zero-order valence-electron chi connectivity index (χ0n) is 13.7. The van der Waals surface area contributed by atoms with Gasteiger partial charge in [-0.3, -0.25) is 0 Å². The summed E-state index contributed by atoms with van der Waals surface area (Å²) in [5.74, 6) is 0.890. The summed E-state index contributed by atoms with van der Waals surface area (Å²) in [5.41, 5.74) is 3.40. The Morgan fingerprint density at radius 1 is 1.00 bits per heavy atom. The molecule has 3 heterocycles. The van der Waals surface area contributed by atoms with Crippen molar-refractivity contribution in [1.82, 2.24) is 9.88 Å². The number of carbonyl (C=O) groups is 1. The Morgan fingerprint density at radius 3 is 2.62 bits per heavy atom. The highest BCUT2D eigenvalue weighted by atomic mass is 16.2. The predicted octanol–water partition coefficient (Wildman–Crippen LogP) is 3.27. The maximum Gasteiger partial charge on any atom is 0.322 e. The number of carbonyl (C=O) groups excluding carboxylic acids is 1. The molecule has 1 aromatic carbocycles. The molecular weight excluding hydrogens is 300 g/mol. The van der Waals surface area contributed by atoms with Crippen molar-refractivity contribution >= 4 is 17.5 Å². The molecule has 1 saturated heterocycles. The van der Waals surface area contributed by atoms with Gasteiger partial charge in [0.15, 0.2) is 5.82 Å². The molecule has 0 unspecified atom stereocenters. The second-order valence-corrected chi connectivity index (χ2v) is 6.44. The van der Waals surface area contributed by atoms with Crippen LogP contribution in [0.2, 0.25) is 0 Å². The van der Waals surface area contributed by atoms with Crippen LogP contribution in [-0.4, -0.2) is 35.5 Å². The van der Waals surface area contributed by atoms with E-state index < -0.39 is 0 Å². The number of fused-ring (bicyclic) bond motifs is 1. The molecule has 0 spiro atoms. The van der Waals surface area contributed by atoms with Crippen molar-refractivity contribution in [3.05, 3.63) is 53.7 Å². The third-order valence-corrected chi connectivity index (χ3v) is 4.85. The normalized spacial score (nSPS) is 16.8. The Bertz CT molecular complexity index is 740. The van der Waals surface area contributed by atoms with E-state index in [1.807, 2.05) is 23.1 Å². The van der Waals surface area contributed by atoms with E-state index in [1.165, 1.54) is 24.0 Å². The summed E-state index contributed by atoms with van der Waals surface area (Å²) < 4.78 is 0. The van der Waals surface area contributed by atoms with Crippen LogP contribution in [0.25, 0.3) is 0 Å². The van der Waals surface area contributed by atoms with Gasteiger partial charge in [0.05, 0.1) is 5.69 Å². The standard InChI is InChI=1S/C19H22N4O/c24-19(23-13-9-15-6-1-2-7-16(15)14-23)21-17-8-5-10-20-18(17)22-11-3-4-12-22/h1-2,5-8,10H,3-4,9,11-14H2,(H,21,24). The van der Waals surface area contributed by atoms with Crippen molar-refractivity contribution in [2.24, 2.45) is 0 Å². The number of rotatable bonds is 2. The lowest BCUT2D eigenvalue weighted by Crippen LogP contribution is -2.39. The minimum Gasteiger partial charge on any atom is -0.355 e. The van der Waals surface area contributed by atoms with E-state index in [1.54, 1.807) is 6.20 Å². The largest absolute Gasteiger partial charge is 0.355 e. The van der Waals surface area contributed by atoms with Crippen molar-refractivity contribution in [1.29, 1.82) is 0 Å². The molecule has 0 aliphatic carbocycles. The molecule has 1 N–H and O–H groups in total. The smallest absolute Gasteiger partial charge is 0.322 e. The van der Waals surface area contributed by atoms with Crippen LogP contribution in [0.3, 0.4) is 0 Å². The minimum absolute atomic E-state index is 0.0436. The van der Waals surface area contributed by atoms with E-state index in [0.717, 1.165) is 37.6 Å². The van der Waals surface area contributed by atoms with Crippen LogP contribution in [0.15, 0.2) is 42.6 Å². The van der Waals surface area contributed by atoms with E-state index >= 15 is 0 Å². The Kier molecular flexibility index (Phi) is 4.07. The quantitative estimate of drug-likeness (QED) is 0.923. The van der Waals surface area contributed by atoms with Crippen molar-refractivity contribution in [2.75, 3.05) is 29.9 Å². The number of anilines is 2. The molecule has 1 fully saturated rings. The fourth-order valence-corrected chi connectivity index (χ4v) is 3.54. The second kappa shape index (κ2) is 6.51. The highest BCUT2D eigenvalue weighted by molar-refractivity contribution is 5.92. The predicted molar refractivity (Wildman–Crippen MR) is 95.3 cm³/mol. The zero-order chi connectivity index (χ0) is 16.4. The molecule has 1 aromatic heterocycles. The van der Waals surface area contributed by atoms with Crippen LogP contribution in [0.1, 0.15) is 24.0 Å². The van der Waals surface area contributed by atoms with Crippen LogP contribution >= 0.6 is 0 Å². The van der Waals surface area contributed by atoms with Crippen LogP contribution < -0.4 is 10.2 Å². The first-order chi connectivity index (χ1) is 11.8. The Morgan fingerprint density at radius 2 is 1.79 bits per heavy atom. The zero-order valence-corrected chi connectivity index (χ0v) is 13.7. The summed E-state index contributed by atoms with van der Waals surface area (Å²) in [6, 6.07) is 12.1. The van der Waals surface area contributed by atoms with Gasteiger partial charge in [0.1, 0.15) is 0 Å². The van der Waals surface area contributed by atoms with Gasteiger partial charge in [0.25, 0.3) is 0 Å². The third kappa shape index (κ3) is 2.94. The van der Waals surface area contributed by atoms with Gasteiger partial charge in [-0.1, -0.05) is 24.3 Å². The van der Waals surface area contributed by atoms with Crippen LogP contribution in [0.5, 0.6) is 0 Å². The Labute approximate surface area is 142 Å². The van der Waals surface area contributed by atoms with Gasteiger partial charge in [-0.15, -0.1) is 0 Å². The molecule has 0 radical (unpaired) electrons. The fourth-order valence-electron chi connectivity index (χ4n) is 3.54. The Hall–Kier alpha value is -2.56. The summed E-state index contributed by atoms with van der Waals surface area (Å²) >= 11 is 0. The highest BCUT2D eigenvalue weighted by Crippen LogP contribution is 2.27. The molecule has 24 heavy (non-hydrogen) atoms. The molecule has 124 valence electrons. The first kappa shape index (κ1) is 15.0. The average Bonchev–Trinajstić information content (AvgIpc) is 3.16. The van der Waals surface area contributed by atoms with Gasteiger partial charge in [0, 0.05) is 32.4 Å². The summed E-state index contributed by atoms with van der Waals surface area (Å²) in [7, 11) is 0. The number of amides is 2. The molecule has 2 amide bonds. The van der Waals surface area contributed by atoms with Crippen molar-refractivity contribution < 1.29 is 4.79 Å². The maximum atomic E-state index is 12.7. The maximum absolute atomic E-state index is 12.7. The number of hydrogen-bond acceptors (Lipinski definition) is 3. The number of nitrogens with one attached hydrogen (secondary N) is 1. The molecule has 0 atom stereocenters. The monoisotopic (exact) mass is 322 g/mol. The van der Waals surface area contributed by atoms with Crippen LogP contribution in [0, 0.1) is 0 Å². The van der Waals surface area contributed by atoms with E-state index in [-0.39, 0.29) is 6.03 Å². The lowest BCUT2D eigenvalue weighted by molar-refractivity contribution is 0.206. The van der Waals surface area contributed by atoms with Crippen molar-refractivity contribution in [2.45, 2.75) is 25.8 Å². The summed E-state index contributed by atoms with van der Waals surface area (Å²) in [6.07, 6.45) is 5.08. The van der Waals surface area contributed by atoms with E-state index in [9.17, 15) is 4.79 Å². The lowest BCUT2D eigenvalue weighted by atomic mass is 10.0. The van der Waals surface area contributed by atoms with E-state index in [4.69, 9.17) is 0 Å². The number of pyridine rings is 1. The first-order valence-corrected chi connectivity index (χ1v) is 8.64. The molecule has 2 aliphatic rings. The minimum atomic E-state index is -0.0436. The highest BCUT2D eigenvalue weighted by Gasteiger charge is 2.23. The van der Waals surface area contributed by atoms with Gasteiger partial charge in [0.2, 0.25) is 0 Å². The number of benzene rings is 1. The molecule has 0 saturated carbocycles. The number of nitrogens with zero attached hydrogens (tertiary/aromatic N) is 3. The molecule has 4 rings (SSSR count). The second-order valence-electron chi connectivity index (χ2n) is 6.44. The van der Waals surface area contributed by atoms with Gasteiger partial charge in [-0.25, -0.2) is 9.78 Å². The molecule has 0 bridgehead atoms. The van der Waals surface area contributed by atoms with E-state index in [0.29, 0.717) is 6.54 Å².